The van der Waals surface area contributed by atoms with Gasteiger partial charge >= 0.3 is 0 Å². The highest BCUT2D eigenvalue weighted by atomic mass is 16.2. The highest BCUT2D eigenvalue weighted by molar-refractivity contribution is 5.76. The molecule has 1 amide bonds. The molecule has 0 bridgehead atoms. The molecule has 8 heteroatoms. The van der Waals surface area contributed by atoms with Crippen molar-refractivity contribution in [2.45, 2.75) is 18.9 Å². The van der Waals surface area contributed by atoms with Gasteiger partial charge in [0, 0.05) is 40.2 Å². The summed E-state index contributed by atoms with van der Waals surface area (Å²) in [6.07, 6.45) is 1.31. The fraction of sp³-hybridized carbons (Fsp3) is 0.636. The van der Waals surface area contributed by atoms with Crippen molar-refractivity contribution in [3.63, 3.8) is 0 Å². The van der Waals surface area contributed by atoms with Crippen LogP contribution in [0.2, 0.25) is 0 Å². The Morgan fingerprint density at radius 1 is 1.37 bits per heavy atom. The van der Waals surface area contributed by atoms with Gasteiger partial charge in [-0.05, 0) is 6.42 Å². The molecule has 3 N–H and O–H groups in total. The van der Waals surface area contributed by atoms with Crippen LogP contribution < -0.4 is 16.0 Å². The predicted octanol–water partition coefficient (Wildman–Crippen LogP) is -0.447. The number of aromatic nitrogens is 3. The first-order valence-corrected chi connectivity index (χ1v) is 6.15. The van der Waals surface area contributed by atoms with Crippen LogP contribution in [-0.4, -0.2) is 59.5 Å². The lowest BCUT2D eigenvalue weighted by atomic mass is 10.1. The maximum atomic E-state index is 11.4. The molecule has 0 aliphatic carbocycles. The molecule has 1 aliphatic rings. The second-order valence-electron chi connectivity index (χ2n) is 4.87. The number of nitrogens with one attached hydrogen (secondary N) is 1. The molecule has 2 heterocycles. The van der Waals surface area contributed by atoms with E-state index in [4.69, 9.17) is 5.73 Å². The van der Waals surface area contributed by atoms with Gasteiger partial charge in [-0.15, -0.1) is 0 Å². The van der Waals surface area contributed by atoms with Gasteiger partial charge in [-0.25, -0.2) is 0 Å². The van der Waals surface area contributed by atoms with Crippen molar-refractivity contribution < 1.29 is 4.79 Å². The summed E-state index contributed by atoms with van der Waals surface area (Å²) in [7, 11) is 5.47. The predicted molar refractivity (Wildman–Crippen MR) is 72.8 cm³/mol. The average molecular weight is 265 g/mol. The number of hydrogen-bond donors (Lipinski definition) is 2. The lowest BCUT2D eigenvalue weighted by Crippen LogP contribution is -2.43. The molecule has 1 aromatic rings. The van der Waals surface area contributed by atoms with Crippen LogP contribution in [0, 0.1) is 0 Å². The Kier molecular flexibility index (Phi) is 3.68. The van der Waals surface area contributed by atoms with Gasteiger partial charge in [0.1, 0.15) is 0 Å². The topological polar surface area (TPSA) is 100 Å². The summed E-state index contributed by atoms with van der Waals surface area (Å²) >= 11 is 0. The zero-order chi connectivity index (χ0) is 14.0. The highest BCUT2D eigenvalue weighted by Gasteiger charge is 2.23. The third-order valence-electron chi connectivity index (χ3n) is 3.00. The van der Waals surface area contributed by atoms with Crippen LogP contribution in [0.25, 0.3) is 0 Å². The molecular weight excluding hydrogens is 246 g/mol. The first-order valence-electron chi connectivity index (χ1n) is 6.15. The van der Waals surface area contributed by atoms with Gasteiger partial charge in [0.05, 0.1) is 0 Å². The molecule has 2 rings (SSSR count). The average Bonchev–Trinajstić information content (AvgIpc) is 2.33. The Morgan fingerprint density at radius 2 is 2.11 bits per heavy atom. The number of piperidine rings is 1. The minimum absolute atomic E-state index is 0.138. The summed E-state index contributed by atoms with van der Waals surface area (Å²) < 4.78 is 0. The van der Waals surface area contributed by atoms with Crippen molar-refractivity contribution in [1.29, 1.82) is 0 Å². The number of carbonyl (C=O) groups excluding carboxylic acids is 1. The number of nitrogen functional groups attached to an aromatic ring is 1. The van der Waals surface area contributed by atoms with Crippen molar-refractivity contribution >= 4 is 23.8 Å². The molecule has 0 spiro atoms. The molecule has 1 atom stereocenters. The normalized spacial score (nSPS) is 19.4. The van der Waals surface area contributed by atoms with E-state index in [1.165, 1.54) is 0 Å². The van der Waals surface area contributed by atoms with Crippen molar-refractivity contribution in [2.75, 3.05) is 43.6 Å². The van der Waals surface area contributed by atoms with E-state index >= 15 is 0 Å². The Balaban J connectivity index is 2.08. The Labute approximate surface area is 112 Å². The molecule has 1 fully saturated rings. The van der Waals surface area contributed by atoms with Crippen molar-refractivity contribution in [2.24, 2.45) is 0 Å². The molecule has 1 aromatic heterocycles. The minimum Gasteiger partial charge on any atom is -0.368 e. The van der Waals surface area contributed by atoms with Crippen LogP contribution in [0.1, 0.15) is 12.8 Å². The van der Waals surface area contributed by atoms with E-state index < -0.39 is 0 Å². The summed E-state index contributed by atoms with van der Waals surface area (Å²) in [5.41, 5.74) is 5.66. The van der Waals surface area contributed by atoms with Gasteiger partial charge in [-0.2, -0.15) is 15.0 Å². The number of amides is 1. The van der Waals surface area contributed by atoms with E-state index in [-0.39, 0.29) is 17.9 Å². The van der Waals surface area contributed by atoms with Crippen LogP contribution in [0.4, 0.5) is 17.8 Å². The second kappa shape index (κ2) is 5.25. The number of carbonyl (C=O) groups is 1. The van der Waals surface area contributed by atoms with Gasteiger partial charge in [-0.1, -0.05) is 0 Å². The van der Waals surface area contributed by atoms with Crippen molar-refractivity contribution in [1.82, 2.24) is 19.9 Å². The molecule has 8 nitrogen and oxygen atoms in total. The van der Waals surface area contributed by atoms with Crippen molar-refractivity contribution in [3.8, 4) is 0 Å². The van der Waals surface area contributed by atoms with E-state index in [1.807, 2.05) is 14.1 Å². The zero-order valence-electron chi connectivity index (χ0n) is 11.4. The molecular formula is C11H19N7O. The Bertz CT molecular complexity index is 476. The largest absolute Gasteiger partial charge is 0.368 e. The summed E-state index contributed by atoms with van der Waals surface area (Å²) in [4.78, 5) is 27.3. The van der Waals surface area contributed by atoms with Crippen molar-refractivity contribution in [3.05, 3.63) is 0 Å². The van der Waals surface area contributed by atoms with Gasteiger partial charge in [0.25, 0.3) is 0 Å². The van der Waals surface area contributed by atoms with Crippen LogP contribution in [-0.2, 0) is 4.79 Å². The summed E-state index contributed by atoms with van der Waals surface area (Å²) in [5.74, 6) is 1.31. The summed E-state index contributed by atoms with van der Waals surface area (Å²) in [6.45, 7) is 0.641. The van der Waals surface area contributed by atoms with E-state index in [0.29, 0.717) is 24.9 Å². The number of hydrogen-bond acceptors (Lipinski definition) is 7. The summed E-state index contributed by atoms with van der Waals surface area (Å²) in [6, 6.07) is 0.138. The van der Waals surface area contributed by atoms with Crippen LogP contribution in [0.5, 0.6) is 0 Å². The van der Waals surface area contributed by atoms with E-state index in [9.17, 15) is 4.79 Å². The zero-order valence-corrected chi connectivity index (χ0v) is 11.4. The first kappa shape index (κ1) is 13.3. The SMILES string of the molecule is CN1CC(Nc2nc(N)nc(N(C)C)n2)CCC1=O. The second-order valence-corrected chi connectivity index (χ2v) is 4.87. The molecule has 19 heavy (non-hydrogen) atoms. The van der Waals surface area contributed by atoms with Gasteiger partial charge in [0.15, 0.2) is 0 Å². The maximum absolute atomic E-state index is 11.4. The number of nitrogens with zero attached hydrogens (tertiary/aromatic N) is 5. The molecule has 0 saturated carbocycles. The molecule has 1 unspecified atom stereocenters. The highest BCUT2D eigenvalue weighted by Crippen LogP contribution is 2.15. The van der Waals surface area contributed by atoms with Crippen LogP contribution in [0.15, 0.2) is 0 Å². The quantitative estimate of drug-likeness (QED) is 0.763. The summed E-state index contributed by atoms with van der Waals surface area (Å²) in [5, 5.41) is 3.21. The van der Waals surface area contributed by atoms with E-state index in [0.717, 1.165) is 6.42 Å². The number of likely N-dealkylation sites (tertiary alicyclic amines) is 1. The molecule has 1 saturated heterocycles. The fourth-order valence-electron chi connectivity index (χ4n) is 1.96. The molecule has 0 aromatic carbocycles. The number of likely N-dealkylation sites (N-methyl/N-ethyl adjacent to an activating group) is 1. The fourth-order valence-corrected chi connectivity index (χ4v) is 1.96. The lowest BCUT2D eigenvalue weighted by Gasteiger charge is -2.30. The van der Waals surface area contributed by atoms with Gasteiger partial charge in [-0.3, -0.25) is 4.79 Å². The molecule has 1 aliphatic heterocycles. The van der Waals surface area contributed by atoms with Crippen LogP contribution >= 0.6 is 0 Å². The standard InChI is InChI=1S/C11H19N7O/c1-17(2)11-15-9(12)14-10(16-11)13-7-4-5-8(19)18(3)6-7/h7H,4-6H2,1-3H3,(H3,12,13,14,15,16). The Morgan fingerprint density at radius 3 is 2.74 bits per heavy atom. The third-order valence-corrected chi connectivity index (χ3v) is 3.00. The first-order chi connectivity index (χ1) is 8.95. The van der Waals surface area contributed by atoms with E-state index in [2.05, 4.69) is 20.3 Å². The number of nitrogens with two attached hydrogens (primary N) is 1. The lowest BCUT2D eigenvalue weighted by molar-refractivity contribution is -0.132. The van der Waals surface area contributed by atoms with Gasteiger partial charge < -0.3 is 20.9 Å². The molecule has 0 radical (unpaired) electrons. The third kappa shape index (κ3) is 3.21. The minimum atomic E-state index is 0.138. The monoisotopic (exact) mass is 265 g/mol. The number of rotatable bonds is 3. The van der Waals surface area contributed by atoms with Crippen LogP contribution in [0.3, 0.4) is 0 Å². The smallest absolute Gasteiger partial charge is 0.231 e. The maximum Gasteiger partial charge on any atom is 0.231 e. The van der Waals surface area contributed by atoms with E-state index in [1.54, 1.807) is 16.8 Å². The number of anilines is 3. The Hall–Kier alpha value is -2.12. The van der Waals surface area contributed by atoms with Gasteiger partial charge in [0.2, 0.25) is 23.8 Å². The molecule has 104 valence electrons.